The molecule has 0 bridgehead atoms. The lowest BCUT2D eigenvalue weighted by Gasteiger charge is -2.29. The number of pyridine rings is 2. The summed E-state index contributed by atoms with van der Waals surface area (Å²) in [6, 6.07) is 20.1. The molecule has 1 saturated heterocycles. The predicted octanol–water partition coefficient (Wildman–Crippen LogP) is 5.38. The Labute approximate surface area is 205 Å². The third-order valence-electron chi connectivity index (χ3n) is 6.36. The minimum Gasteiger partial charge on any atom is -0.495 e. The Balaban J connectivity index is 1.71. The lowest BCUT2D eigenvalue weighted by Crippen LogP contribution is -2.30. The molecule has 4 heterocycles. The van der Waals surface area contributed by atoms with Gasteiger partial charge < -0.3 is 19.5 Å². The van der Waals surface area contributed by atoms with Crippen LogP contribution in [0.15, 0.2) is 73.1 Å². The molecule has 1 aliphatic rings. The van der Waals surface area contributed by atoms with Crippen molar-refractivity contribution in [2.45, 2.75) is 32.9 Å². The Morgan fingerprint density at radius 1 is 0.941 bits per heavy atom. The second-order valence-electron chi connectivity index (χ2n) is 8.52. The Hall–Kier alpha value is -3.71. The van der Waals surface area contributed by atoms with E-state index in [-0.39, 0.29) is 12.1 Å². The first kappa shape index (κ1) is 22.1. The van der Waals surface area contributed by atoms with E-state index in [2.05, 4.69) is 57.7 Å². The summed E-state index contributed by atoms with van der Waals surface area (Å²) in [5.41, 5.74) is 6.42. The van der Waals surface area contributed by atoms with E-state index < -0.39 is 0 Å². The minimum absolute atomic E-state index is 0.122. The summed E-state index contributed by atoms with van der Waals surface area (Å²) in [6.45, 7) is 6.34. The lowest BCUT2D eigenvalue weighted by molar-refractivity contribution is 0.414. The highest BCUT2D eigenvalue weighted by molar-refractivity contribution is 7.80. The number of para-hydroxylation sites is 2. The van der Waals surface area contributed by atoms with Gasteiger partial charge in [-0.05, 0) is 86.6 Å². The minimum atomic E-state index is -0.127. The van der Waals surface area contributed by atoms with E-state index in [1.165, 1.54) is 5.56 Å². The van der Waals surface area contributed by atoms with Gasteiger partial charge in [0.05, 0.1) is 30.6 Å². The van der Waals surface area contributed by atoms with Crippen LogP contribution in [0, 0.1) is 20.8 Å². The maximum Gasteiger partial charge on any atom is 0.174 e. The van der Waals surface area contributed by atoms with Crippen LogP contribution in [0.4, 0.5) is 5.69 Å². The Kier molecular flexibility index (Phi) is 5.79. The molecule has 0 saturated carbocycles. The van der Waals surface area contributed by atoms with E-state index in [1.807, 2.05) is 60.9 Å². The van der Waals surface area contributed by atoms with Crippen molar-refractivity contribution in [2.75, 3.05) is 12.0 Å². The predicted molar refractivity (Wildman–Crippen MR) is 139 cm³/mol. The number of thiocarbonyl (C=S) groups is 1. The molecule has 0 aliphatic carbocycles. The van der Waals surface area contributed by atoms with Gasteiger partial charge in [0, 0.05) is 23.8 Å². The SMILES string of the molecule is COc1ccccc1N1C(=S)N[C@H](c2ccccn2)[C@@H]1c1cc(C)n(-c2cc(C)ccn2)c1C. The lowest BCUT2D eigenvalue weighted by atomic mass is 9.96. The molecule has 2 atom stereocenters. The van der Waals surface area contributed by atoms with Gasteiger partial charge in [0.1, 0.15) is 11.6 Å². The summed E-state index contributed by atoms with van der Waals surface area (Å²) < 4.78 is 7.92. The fourth-order valence-electron chi connectivity index (χ4n) is 4.84. The third-order valence-corrected chi connectivity index (χ3v) is 6.68. The summed E-state index contributed by atoms with van der Waals surface area (Å²) in [6.07, 6.45) is 3.68. The maximum absolute atomic E-state index is 5.89. The number of rotatable bonds is 5. The number of ether oxygens (including phenoxy) is 1. The first-order chi connectivity index (χ1) is 16.5. The number of aromatic nitrogens is 3. The highest BCUT2D eigenvalue weighted by atomic mass is 32.1. The van der Waals surface area contributed by atoms with Crippen LogP contribution >= 0.6 is 12.2 Å². The van der Waals surface area contributed by atoms with Gasteiger partial charge in [-0.1, -0.05) is 18.2 Å². The summed E-state index contributed by atoms with van der Waals surface area (Å²) >= 11 is 5.89. The molecule has 0 unspecified atom stereocenters. The maximum atomic E-state index is 5.89. The molecule has 7 heteroatoms. The number of benzene rings is 1. The van der Waals surface area contributed by atoms with Gasteiger partial charge in [0.15, 0.2) is 5.11 Å². The molecule has 1 fully saturated rings. The van der Waals surface area contributed by atoms with Crippen molar-refractivity contribution >= 4 is 23.0 Å². The Morgan fingerprint density at radius 2 is 1.74 bits per heavy atom. The summed E-state index contributed by atoms with van der Waals surface area (Å²) in [7, 11) is 1.69. The molecular formula is C27H27N5OS. The van der Waals surface area contributed by atoms with E-state index in [4.69, 9.17) is 17.0 Å². The van der Waals surface area contributed by atoms with Crippen molar-refractivity contribution in [1.29, 1.82) is 0 Å². The molecule has 3 aromatic heterocycles. The van der Waals surface area contributed by atoms with Crippen LogP contribution in [0.3, 0.4) is 0 Å². The van der Waals surface area contributed by atoms with Crippen molar-refractivity contribution in [2.24, 2.45) is 0 Å². The van der Waals surface area contributed by atoms with Gasteiger partial charge in [0.2, 0.25) is 0 Å². The second kappa shape index (κ2) is 8.91. The topological polar surface area (TPSA) is 55.2 Å². The quantitative estimate of drug-likeness (QED) is 0.396. The zero-order valence-corrected chi connectivity index (χ0v) is 20.5. The third kappa shape index (κ3) is 3.72. The zero-order chi connectivity index (χ0) is 23.8. The molecule has 1 aliphatic heterocycles. The van der Waals surface area contributed by atoms with Crippen LogP contribution in [0.25, 0.3) is 5.82 Å². The summed E-state index contributed by atoms with van der Waals surface area (Å²) in [5, 5.41) is 4.18. The summed E-state index contributed by atoms with van der Waals surface area (Å²) in [5.74, 6) is 1.68. The second-order valence-corrected chi connectivity index (χ2v) is 8.91. The fourth-order valence-corrected chi connectivity index (χ4v) is 5.18. The van der Waals surface area contributed by atoms with Crippen molar-refractivity contribution in [3.8, 4) is 11.6 Å². The highest BCUT2D eigenvalue weighted by Crippen LogP contribution is 2.45. The molecule has 1 N–H and O–H groups in total. The smallest absolute Gasteiger partial charge is 0.174 e. The molecule has 0 spiro atoms. The van der Waals surface area contributed by atoms with Crippen LogP contribution in [-0.4, -0.2) is 26.8 Å². The zero-order valence-electron chi connectivity index (χ0n) is 19.7. The van der Waals surface area contributed by atoms with Gasteiger partial charge >= 0.3 is 0 Å². The number of aryl methyl sites for hydroxylation is 2. The number of hydrogen-bond donors (Lipinski definition) is 1. The fraction of sp³-hybridized carbons (Fsp3) is 0.222. The monoisotopic (exact) mass is 469 g/mol. The molecule has 1 aromatic carbocycles. The average Bonchev–Trinajstić information content (AvgIpc) is 3.34. The molecular weight excluding hydrogens is 442 g/mol. The number of nitrogens with zero attached hydrogens (tertiary/aromatic N) is 4. The molecule has 172 valence electrons. The van der Waals surface area contributed by atoms with Gasteiger partial charge in [-0.3, -0.25) is 4.98 Å². The van der Waals surface area contributed by atoms with Gasteiger partial charge in [-0.15, -0.1) is 0 Å². The van der Waals surface area contributed by atoms with Gasteiger partial charge in [-0.2, -0.15) is 0 Å². The highest BCUT2D eigenvalue weighted by Gasteiger charge is 2.43. The van der Waals surface area contributed by atoms with Gasteiger partial charge in [0.25, 0.3) is 0 Å². The van der Waals surface area contributed by atoms with E-state index in [0.717, 1.165) is 39.9 Å². The molecule has 0 radical (unpaired) electrons. The van der Waals surface area contributed by atoms with E-state index in [1.54, 1.807) is 7.11 Å². The van der Waals surface area contributed by atoms with Crippen molar-refractivity contribution in [3.63, 3.8) is 0 Å². The van der Waals surface area contributed by atoms with Crippen LogP contribution in [0.5, 0.6) is 5.75 Å². The first-order valence-electron chi connectivity index (χ1n) is 11.2. The molecule has 5 rings (SSSR count). The van der Waals surface area contributed by atoms with Crippen molar-refractivity contribution < 1.29 is 4.74 Å². The molecule has 34 heavy (non-hydrogen) atoms. The molecule has 6 nitrogen and oxygen atoms in total. The summed E-state index contributed by atoms with van der Waals surface area (Å²) in [4.78, 5) is 11.5. The number of nitrogens with one attached hydrogen (secondary N) is 1. The van der Waals surface area contributed by atoms with Crippen molar-refractivity contribution in [3.05, 3.63) is 101 Å². The van der Waals surface area contributed by atoms with Crippen LogP contribution in [-0.2, 0) is 0 Å². The van der Waals surface area contributed by atoms with Crippen LogP contribution in [0.2, 0.25) is 0 Å². The first-order valence-corrected chi connectivity index (χ1v) is 11.7. The van der Waals surface area contributed by atoms with E-state index >= 15 is 0 Å². The Morgan fingerprint density at radius 3 is 2.47 bits per heavy atom. The Bertz CT molecular complexity index is 1350. The van der Waals surface area contributed by atoms with Crippen LogP contribution in [0.1, 0.15) is 40.3 Å². The molecule has 0 amide bonds. The number of methoxy groups -OCH3 is 1. The van der Waals surface area contributed by atoms with E-state index in [9.17, 15) is 0 Å². The standard InChI is InChI=1S/C27H27N5OS/c1-17-12-14-29-24(15-17)31-18(2)16-20(19(31)3)26-25(21-9-7-8-13-28-21)30-27(34)32(26)22-10-5-6-11-23(22)33-4/h5-16,25-26H,1-4H3,(H,30,34)/t25-,26+/m1/s1. The van der Waals surface area contributed by atoms with Crippen molar-refractivity contribution in [1.82, 2.24) is 19.9 Å². The molecule has 4 aromatic rings. The average molecular weight is 470 g/mol. The number of anilines is 1. The van der Waals surface area contributed by atoms with Crippen LogP contribution < -0.4 is 15.0 Å². The normalized spacial score (nSPS) is 17.6. The largest absolute Gasteiger partial charge is 0.495 e. The number of hydrogen-bond acceptors (Lipinski definition) is 4. The van der Waals surface area contributed by atoms with E-state index in [0.29, 0.717) is 5.11 Å². The van der Waals surface area contributed by atoms with Gasteiger partial charge in [-0.25, -0.2) is 4.98 Å².